The third kappa shape index (κ3) is 4.35. The number of hydrogen-bond acceptors (Lipinski definition) is 3. The molecule has 1 saturated heterocycles. The summed E-state index contributed by atoms with van der Waals surface area (Å²) in [6.45, 7) is 4.07. The van der Waals surface area contributed by atoms with Crippen LogP contribution in [0.15, 0.2) is 24.3 Å². The van der Waals surface area contributed by atoms with Gasteiger partial charge >= 0.3 is 6.03 Å². The van der Waals surface area contributed by atoms with Gasteiger partial charge in [-0.05, 0) is 17.7 Å². The van der Waals surface area contributed by atoms with Gasteiger partial charge in [-0.15, -0.1) is 0 Å². The van der Waals surface area contributed by atoms with Crippen molar-refractivity contribution in [1.29, 1.82) is 0 Å². The molecule has 0 bridgehead atoms. The Kier molecular flexibility index (Phi) is 6.06. The second-order valence-corrected chi connectivity index (χ2v) is 6.18. The smallest absolute Gasteiger partial charge is 0.319 e. The number of benzene rings is 1. The molecule has 1 unspecified atom stereocenters. The van der Waals surface area contributed by atoms with E-state index >= 15 is 0 Å². The summed E-state index contributed by atoms with van der Waals surface area (Å²) in [6.07, 6.45) is 0.0216. The van der Waals surface area contributed by atoms with Crippen molar-refractivity contribution in [1.82, 2.24) is 14.7 Å². The quantitative estimate of drug-likeness (QED) is 0.852. The average molecular weight is 326 g/mol. The summed E-state index contributed by atoms with van der Waals surface area (Å²) in [6, 6.07) is 7.86. The Morgan fingerprint density at radius 1 is 1.23 bits per heavy atom. The lowest BCUT2D eigenvalue weighted by atomic mass is 10.1. The third-order valence-corrected chi connectivity index (χ3v) is 4.23. The van der Waals surface area contributed by atoms with Crippen molar-refractivity contribution in [2.45, 2.75) is 6.10 Å². The first-order valence-corrected chi connectivity index (χ1v) is 7.86. The normalized spacial score (nSPS) is 17.4. The number of piperazine rings is 1. The number of halogens is 1. The molecule has 22 heavy (non-hydrogen) atoms. The molecule has 1 aromatic carbocycles. The molecule has 0 aromatic heterocycles. The molecule has 6 heteroatoms. The Morgan fingerprint density at radius 2 is 1.82 bits per heavy atom. The van der Waals surface area contributed by atoms with E-state index in [0.29, 0.717) is 0 Å². The van der Waals surface area contributed by atoms with Crippen molar-refractivity contribution in [2.75, 3.05) is 53.9 Å². The molecule has 2 amide bonds. The second-order valence-electron chi connectivity index (χ2n) is 5.74. The van der Waals surface area contributed by atoms with Gasteiger partial charge < -0.3 is 14.5 Å². The highest BCUT2D eigenvalue weighted by Gasteiger charge is 2.24. The van der Waals surface area contributed by atoms with Crippen LogP contribution in [0.5, 0.6) is 0 Å². The number of carbonyl (C=O) groups excluding carboxylic acids is 1. The lowest BCUT2D eigenvalue weighted by molar-refractivity contribution is 0.0453. The first kappa shape index (κ1) is 17.1. The van der Waals surface area contributed by atoms with E-state index in [1.54, 1.807) is 26.1 Å². The molecule has 0 N–H and O–H groups in total. The molecule has 122 valence electrons. The molecule has 1 atom stereocenters. The van der Waals surface area contributed by atoms with Crippen LogP contribution in [0.4, 0.5) is 4.79 Å². The summed E-state index contributed by atoms with van der Waals surface area (Å²) in [7, 11) is 5.30. The molecule has 1 aromatic rings. The predicted octanol–water partition coefficient (Wildman–Crippen LogP) is 2.33. The molecule has 0 spiro atoms. The number of ether oxygens (including phenoxy) is 1. The van der Waals surface area contributed by atoms with Crippen molar-refractivity contribution in [3.8, 4) is 0 Å². The summed E-state index contributed by atoms with van der Waals surface area (Å²) in [5.74, 6) is 0. The van der Waals surface area contributed by atoms with Crippen LogP contribution in [0.2, 0.25) is 5.02 Å². The van der Waals surface area contributed by atoms with Gasteiger partial charge in [0, 0.05) is 59.0 Å². The zero-order valence-electron chi connectivity index (χ0n) is 13.5. The first-order valence-electron chi connectivity index (χ1n) is 7.48. The van der Waals surface area contributed by atoms with Crippen molar-refractivity contribution in [2.24, 2.45) is 0 Å². The maximum Gasteiger partial charge on any atom is 0.319 e. The summed E-state index contributed by atoms with van der Waals surface area (Å²) in [5, 5.41) is 0.731. The van der Waals surface area contributed by atoms with Gasteiger partial charge in [0.15, 0.2) is 0 Å². The van der Waals surface area contributed by atoms with Gasteiger partial charge in [-0.25, -0.2) is 4.79 Å². The van der Waals surface area contributed by atoms with Gasteiger partial charge in [0.1, 0.15) is 0 Å². The van der Waals surface area contributed by atoms with Crippen molar-refractivity contribution in [3.63, 3.8) is 0 Å². The highest BCUT2D eigenvalue weighted by molar-refractivity contribution is 6.30. The van der Waals surface area contributed by atoms with Gasteiger partial charge in [0.25, 0.3) is 0 Å². The number of nitrogens with zero attached hydrogens (tertiary/aromatic N) is 3. The van der Waals surface area contributed by atoms with Crippen LogP contribution in [-0.4, -0.2) is 74.7 Å². The fourth-order valence-electron chi connectivity index (χ4n) is 2.63. The lowest BCUT2D eigenvalue weighted by Gasteiger charge is -2.37. The maximum atomic E-state index is 11.9. The molecule has 0 radical (unpaired) electrons. The Hall–Kier alpha value is -1.30. The fraction of sp³-hybridized carbons (Fsp3) is 0.562. The van der Waals surface area contributed by atoms with E-state index in [0.717, 1.165) is 43.3 Å². The SMILES string of the molecule is COC(CN1CCN(C(=O)N(C)C)CC1)c1ccc(Cl)cc1. The standard InChI is InChI=1S/C16H24ClN3O2/c1-18(2)16(21)20-10-8-19(9-11-20)12-15(22-3)13-4-6-14(17)7-5-13/h4-7,15H,8-12H2,1-3H3. The largest absolute Gasteiger partial charge is 0.375 e. The van der Waals surface area contributed by atoms with E-state index in [9.17, 15) is 4.79 Å². The van der Waals surface area contributed by atoms with E-state index in [-0.39, 0.29) is 12.1 Å². The number of amides is 2. The molecule has 0 saturated carbocycles. The monoisotopic (exact) mass is 325 g/mol. The number of hydrogen-bond donors (Lipinski definition) is 0. The minimum atomic E-state index is 0.0216. The van der Waals surface area contributed by atoms with Crippen LogP contribution in [0.3, 0.4) is 0 Å². The summed E-state index contributed by atoms with van der Waals surface area (Å²) >= 11 is 5.93. The molecule has 1 aliphatic heterocycles. The number of urea groups is 1. The Labute approximate surface area is 137 Å². The molecule has 0 aliphatic carbocycles. The Balaban J connectivity index is 1.88. The van der Waals surface area contributed by atoms with Gasteiger partial charge in [0.2, 0.25) is 0 Å². The van der Waals surface area contributed by atoms with Gasteiger partial charge in [-0.2, -0.15) is 0 Å². The van der Waals surface area contributed by atoms with Gasteiger partial charge in [-0.3, -0.25) is 4.90 Å². The lowest BCUT2D eigenvalue weighted by Crippen LogP contribution is -2.52. The van der Waals surface area contributed by atoms with E-state index in [4.69, 9.17) is 16.3 Å². The zero-order valence-corrected chi connectivity index (χ0v) is 14.2. The molecule has 1 heterocycles. The molecule has 1 fully saturated rings. The van der Waals surface area contributed by atoms with Crippen LogP contribution in [0.1, 0.15) is 11.7 Å². The fourth-order valence-corrected chi connectivity index (χ4v) is 2.76. The van der Waals surface area contributed by atoms with Crippen LogP contribution in [-0.2, 0) is 4.74 Å². The minimum absolute atomic E-state index is 0.0216. The zero-order chi connectivity index (χ0) is 16.1. The van der Waals surface area contributed by atoms with Crippen LogP contribution in [0, 0.1) is 0 Å². The van der Waals surface area contributed by atoms with Crippen molar-refractivity contribution in [3.05, 3.63) is 34.9 Å². The van der Waals surface area contributed by atoms with E-state index < -0.39 is 0 Å². The first-order chi connectivity index (χ1) is 10.5. The predicted molar refractivity (Wildman–Crippen MR) is 88.3 cm³/mol. The topological polar surface area (TPSA) is 36.0 Å². The van der Waals surface area contributed by atoms with Gasteiger partial charge in [-0.1, -0.05) is 23.7 Å². The summed E-state index contributed by atoms with van der Waals surface area (Å²) in [4.78, 5) is 17.8. The van der Waals surface area contributed by atoms with Crippen molar-refractivity contribution >= 4 is 17.6 Å². The molecular formula is C16H24ClN3O2. The van der Waals surface area contributed by atoms with Crippen molar-refractivity contribution < 1.29 is 9.53 Å². The number of methoxy groups -OCH3 is 1. The van der Waals surface area contributed by atoms with E-state index in [2.05, 4.69) is 4.90 Å². The summed E-state index contributed by atoms with van der Waals surface area (Å²) < 4.78 is 5.62. The number of carbonyl (C=O) groups is 1. The maximum absolute atomic E-state index is 11.9. The van der Waals surface area contributed by atoms with Crippen LogP contribution < -0.4 is 0 Å². The van der Waals surface area contributed by atoms with E-state index in [1.165, 1.54) is 0 Å². The second kappa shape index (κ2) is 7.81. The van der Waals surface area contributed by atoms with Crippen LogP contribution >= 0.6 is 11.6 Å². The molecule has 1 aliphatic rings. The third-order valence-electron chi connectivity index (χ3n) is 3.98. The Morgan fingerprint density at radius 3 is 2.32 bits per heavy atom. The molecule has 5 nitrogen and oxygen atoms in total. The average Bonchev–Trinajstić information content (AvgIpc) is 2.53. The van der Waals surface area contributed by atoms with Crippen LogP contribution in [0.25, 0.3) is 0 Å². The summed E-state index contributed by atoms with van der Waals surface area (Å²) in [5.41, 5.74) is 1.12. The molecular weight excluding hydrogens is 302 g/mol. The minimum Gasteiger partial charge on any atom is -0.375 e. The van der Waals surface area contributed by atoms with E-state index in [1.807, 2.05) is 29.2 Å². The number of rotatable bonds is 4. The Bertz CT molecular complexity index is 485. The molecule has 2 rings (SSSR count). The highest BCUT2D eigenvalue weighted by Crippen LogP contribution is 2.21. The highest BCUT2D eigenvalue weighted by atomic mass is 35.5. The van der Waals surface area contributed by atoms with Gasteiger partial charge in [0.05, 0.1) is 6.10 Å².